The number of para-hydroxylation sites is 1. The van der Waals surface area contributed by atoms with Gasteiger partial charge in [-0.3, -0.25) is 4.79 Å². The lowest BCUT2D eigenvalue weighted by Gasteiger charge is -2.09. The van der Waals surface area contributed by atoms with E-state index in [1.807, 2.05) is 61.5 Å². The number of amides is 1. The lowest BCUT2D eigenvalue weighted by molar-refractivity contribution is -0.116. The van der Waals surface area contributed by atoms with Gasteiger partial charge in [0.1, 0.15) is 18.1 Å². The second kappa shape index (κ2) is 9.09. The van der Waals surface area contributed by atoms with E-state index in [1.54, 1.807) is 12.3 Å². The smallest absolute Gasteiger partial charge is 0.251 e. The van der Waals surface area contributed by atoms with Crippen molar-refractivity contribution in [3.8, 4) is 17.2 Å². The number of aromatic nitrogens is 2. The van der Waals surface area contributed by atoms with Gasteiger partial charge in [-0.05, 0) is 42.8 Å². The van der Waals surface area contributed by atoms with Crippen LogP contribution in [0.1, 0.15) is 23.6 Å². The molecule has 0 aliphatic carbocycles. The number of benzene rings is 2. The van der Waals surface area contributed by atoms with E-state index >= 15 is 0 Å². The van der Waals surface area contributed by atoms with Crippen LogP contribution in [0.15, 0.2) is 75.8 Å². The van der Waals surface area contributed by atoms with Crippen LogP contribution < -0.4 is 10.1 Å². The molecule has 4 rings (SSSR count). The van der Waals surface area contributed by atoms with Crippen LogP contribution in [0.4, 0.5) is 5.69 Å². The van der Waals surface area contributed by atoms with Gasteiger partial charge in [0.2, 0.25) is 11.8 Å². The monoisotopic (exact) mass is 403 g/mol. The number of hydrogen-bond acceptors (Lipinski definition) is 6. The van der Waals surface area contributed by atoms with Crippen molar-refractivity contribution in [2.75, 3.05) is 5.32 Å². The highest BCUT2D eigenvalue weighted by Crippen LogP contribution is 2.23. The van der Waals surface area contributed by atoms with Gasteiger partial charge in [-0.15, -0.1) is 10.2 Å². The molecule has 7 nitrogen and oxygen atoms in total. The summed E-state index contributed by atoms with van der Waals surface area (Å²) >= 11 is 0. The fraction of sp³-hybridized carbons (Fsp3) is 0.174. The summed E-state index contributed by atoms with van der Waals surface area (Å²) in [6.45, 7) is 2.25. The Labute approximate surface area is 173 Å². The maximum absolute atomic E-state index is 12.3. The number of aryl methyl sites for hydroxylation is 2. The Hall–Kier alpha value is -3.87. The van der Waals surface area contributed by atoms with Crippen molar-refractivity contribution in [1.82, 2.24) is 10.2 Å². The van der Waals surface area contributed by atoms with E-state index < -0.39 is 0 Å². The highest BCUT2D eigenvalue weighted by Gasteiger charge is 2.14. The summed E-state index contributed by atoms with van der Waals surface area (Å²) < 4.78 is 16.6. The van der Waals surface area contributed by atoms with E-state index in [-0.39, 0.29) is 12.3 Å². The van der Waals surface area contributed by atoms with Gasteiger partial charge in [0.15, 0.2) is 0 Å². The molecule has 0 atom stereocenters. The maximum Gasteiger partial charge on any atom is 0.251 e. The minimum absolute atomic E-state index is 0.129. The molecular weight excluding hydrogens is 382 g/mol. The lowest BCUT2D eigenvalue weighted by atomic mass is 10.2. The van der Waals surface area contributed by atoms with Gasteiger partial charge in [0.25, 0.3) is 5.89 Å². The van der Waals surface area contributed by atoms with Crippen LogP contribution in [0.2, 0.25) is 0 Å². The Morgan fingerprint density at radius 3 is 2.73 bits per heavy atom. The molecule has 0 radical (unpaired) electrons. The summed E-state index contributed by atoms with van der Waals surface area (Å²) in [6, 6.07) is 19.0. The Kier molecular flexibility index (Phi) is 5.89. The molecule has 1 amide bonds. The van der Waals surface area contributed by atoms with Crippen molar-refractivity contribution < 1.29 is 18.4 Å². The summed E-state index contributed by atoms with van der Waals surface area (Å²) in [5.74, 6) is 2.18. The van der Waals surface area contributed by atoms with Gasteiger partial charge in [0.05, 0.1) is 11.8 Å². The van der Waals surface area contributed by atoms with E-state index in [4.69, 9.17) is 13.6 Å². The summed E-state index contributed by atoms with van der Waals surface area (Å²) in [7, 11) is 0. The summed E-state index contributed by atoms with van der Waals surface area (Å²) in [6.07, 6.45) is 2.16. The molecule has 4 aromatic rings. The number of hydrogen-bond donors (Lipinski definition) is 1. The number of ether oxygens (including phenoxy) is 1. The van der Waals surface area contributed by atoms with Gasteiger partial charge < -0.3 is 18.9 Å². The average Bonchev–Trinajstić information content (AvgIpc) is 3.40. The first-order valence-corrected chi connectivity index (χ1v) is 9.61. The third-order valence-electron chi connectivity index (χ3n) is 4.48. The van der Waals surface area contributed by atoms with Crippen LogP contribution in [0.25, 0.3) is 11.5 Å². The predicted octanol–water partition coefficient (Wildman–Crippen LogP) is 4.79. The van der Waals surface area contributed by atoms with Crippen molar-refractivity contribution in [2.24, 2.45) is 0 Å². The number of nitrogens with zero attached hydrogens (tertiary/aromatic N) is 2. The zero-order chi connectivity index (χ0) is 20.8. The summed E-state index contributed by atoms with van der Waals surface area (Å²) in [5, 5.41) is 10.9. The van der Waals surface area contributed by atoms with Crippen molar-refractivity contribution in [3.05, 3.63) is 84.1 Å². The van der Waals surface area contributed by atoms with Crippen LogP contribution in [0.5, 0.6) is 5.75 Å². The van der Waals surface area contributed by atoms with E-state index in [0.717, 1.165) is 22.6 Å². The van der Waals surface area contributed by atoms with Crippen LogP contribution in [-0.4, -0.2) is 16.1 Å². The molecule has 0 aliphatic rings. The average molecular weight is 403 g/mol. The molecule has 1 N–H and O–H groups in total. The molecule has 0 aliphatic heterocycles. The van der Waals surface area contributed by atoms with Gasteiger partial charge in [-0.2, -0.15) is 0 Å². The molecule has 152 valence electrons. The van der Waals surface area contributed by atoms with Crippen molar-refractivity contribution >= 4 is 11.6 Å². The fourth-order valence-corrected chi connectivity index (χ4v) is 2.94. The van der Waals surface area contributed by atoms with Gasteiger partial charge in [0, 0.05) is 18.5 Å². The quantitative estimate of drug-likeness (QED) is 0.455. The molecule has 0 fully saturated rings. The van der Waals surface area contributed by atoms with Gasteiger partial charge in [-0.25, -0.2) is 0 Å². The van der Waals surface area contributed by atoms with E-state index in [2.05, 4.69) is 15.5 Å². The fourth-order valence-electron chi connectivity index (χ4n) is 2.94. The van der Waals surface area contributed by atoms with Crippen molar-refractivity contribution in [3.63, 3.8) is 0 Å². The van der Waals surface area contributed by atoms with Crippen LogP contribution in [0.3, 0.4) is 0 Å². The Morgan fingerprint density at radius 1 is 1.07 bits per heavy atom. The number of furan rings is 1. The second-order valence-corrected chi connectivity index (χ2v) is 6.74. The minimum Gasteiger partial charge on any atom is -0.489 e. The van der Waals surface area contributed by atoms with E-state index in [0.29, 0.717) is 30.6 Å². The molecule has 0 bridgehead atoms. The number of anilines is 1. The molecular formula is C23H21N3O4. The Bertz CT molecular complexity index is 1120. The van der Waals surface area contributed by atoms with Crippen molar-refractivity contribution in [1.29, 1.82) is 0 Å². The molecule has 2 aromatic carbocycles. The first-order valence-electron chi connectivity index (χ1n) is 9.61. The molecule has 2 heterocycles. The van der Waals surface area contributed by atoms with E-state index in [9.17, 15) is 4.79 Å². The van der Waals surface area contributed by atoms with E-state index in [1.165, 1.54) is 0 Å². The highest BCUT2D eigenvalue weighted by atomic mass is 16.5. The summed E-state index contributed by atoms with van der Waals surface area (Å²) in [4.78, 5) is 12.3. The normalized spacial score (nSPS) is 10.7. The zero-order valence-electron chi connectivity index (χ0n) is 16.5. The lowest BCUT2D eigenvalue weighted by Crippen LogP contribution is -2.12. The topological polar surface area (TPSA) is 90.4 Å². The van der Waals surface area contributed by atoms with Crippen LogP contribution in [0, 0.1) is 6.92 Å². The predicted molar refractivity (Wildman–Crippen MR) is 111 cm³/mol. The largest absolute Gasteiger partial charge is 0.489 e. The standard InChI is InChI=1S/C23H21N3O4/c1-16-20(12-13-28-16)23-26-25-22(30-23)11-10-21(27)24-18-7-5-6-17(14-18)15-29-19-8-3-2-4-9-19/h2-9,12-14H,10-11,15H2,1H3,(H,24,27). The van der Waals surface area contributed by atoms with Gasteiger partial charge >= 0.3 is 0 Å². The number of carbonyl (C=O) groups is 1. The van der Waals surface area contributed by atoms with Crippen molar-refractivity contribution in [2.45, 2.75) is 26.4 Å². The third-order valence-corrected chi connectivity index (χ3v) is 4.48. The van der Waals surface area contributed by atoms with Gasteiger partial charge in [-0.1, -0.05) is 30.3 Å². The van der Waals surface area contributed by atoms with Crippen LogP contribution in [-0.2, 0) is 17.8 Å². The maximum atomic E-state index is 12.3. The Balaban J connectivity index is 1.29. The molecule has 7 heteroatoms. The summed E-state index contributed by atoms with van der Waals surface area (Å²) in [5.41, 5.74) is 2.44. The number of carbonyl (C=O) groups excluding carboxylic acids is 1. The van der Waals surface area contributed by atoms with Crippen LogP contribution >= 0.6 is 0 Å². The molecule has 30 heavy (non-hydrogen) atoms. The first kappa shape index (κ1) is 19.4. The first-order chi connectivity index (χ1) is 14.7. The zero-order valence-corrected chi connectivity index (χ0v) is 16.5. The number of rotatable bonds is 8. The Morgan fingerprint density at radius 2 is 1.93 bits per heavy atom. The molecule has 0 unspecified atom stereocenters. The second-order valence-electron chi connectivity index (χ2n) is 6.74. The minimum atomic E-state index is -0.129. The third kappa shape index (κ3) is 4.94. The molecule has 0 saturated carbocycles. The highest BCUT2D eigenvalue weighted by molar-refractivity contribution is 5.90. The molecule has 0 spiro atoms. The number of nitrogens with one attached hydrogen (secondary N) is 1. The molecule has 0 saturated heterocycles. The molecule has 2 aromatic heterocycles. The SMILES string of the molecule is Cc1occc1-c1nnc(CCC(=O)Nc2cccc(COc3ccccc3)c2)o1.